The predicted molar refractivity (Wildman–Crippen MR) is 94.6 cm³/mol. The van der Waals surface area contributed by atoms with Crippen LogP contribution in [0.5, 0.6) is 5.75 Å². The van der Waals surface area contributed by atoms with Crippen molar-refractivity contribution in [3.05, 3.63) is 29.3 Å². The summed E-state index contributed by atoms with van der Waals surface area (Å²) in [5, 5.41) is 0. The molecular weight excluding hydrogens is 358 g/mol. The first-order valence-electron chi connectivity index (χ1n) is 9.46. The van der Waals surface area contributed by atoms with Crippen molar-refractivity contribution < 1.29 is 32.6 Å². The van der Waals surface area contributed by atoms with Gasteiger partial charge in [0.05, 0.1) is 30.8 Å². The minimum atomic E-state index is -1.27. The van der Waals surface area contributed by atoms with Crippen molar-refractivity contribution in [3.8, 4) is 5.75 Å². The van der Waals surface area contributed by atoms with Gasteiger partial charge in [-0.15, -0.1) is 0 Å². The van der Waals surface area contributed by atoms with E-state index >= 15 is 0 Å². The Labute approximate surface area is 158 Å². The molecule has 0 spiro atoms. The molecule has 7 heteroatoms. The van der Waals surface area contributed by atoms with Crippen molar-refractivity contribution in [2.24, 2.45) is 5.92 Å². The van der Waals surface area contributed by atoms with Gasteiger partial charge in [-0.05, 0) is 51.2 Å². The average molecular weight is 384 g/mol. The van der Waals surface area contributed by atoms with Crippen LogP contribution in [0, 0.1) is 17.6 Å². The van der Waals surface area contributed by atoms with Gasteiger partial charge < -0.3 is 14.2 Å². The highest BCUT2D eigenvalue weighted by atomic mass is 19.2. The van der Waals surface area contributed by atoms with Crippen molar-refractivity contribution in [1.82, 2.24) is 0 Å². The van der Waals surface area contributed by atoms with Crippen LogP contribution < -0.4 is 4.74 Å². The van der Waals surface area contributed by atoms with Crippen molar-refractivity contribution in [2.45, 2.75) is 58.5 Å². The van der Waals surface area contributed by atoms with E-state index in [1.807, 2.05) is 6.92 Å². The average Bonchev–Trinajstić information content (AvgIpc) is 2.66. The second-order valence-electron chi connectivity index (χ2n) is 6.57. The van der Waals surface area contributed by atoms with E-state index in [4.69, 9.17) is 14.2 Å². The molecule has 0 aromatic heterocycles. The summed E-state index contributed by atoms with van der Waals surface area (Å²) in [6.07, 6.45) is 3.43. The van der Waals surface area contributed by atoms with Crippen LogP contribution in [-0.4, -0.2) is 31.3 Å². The maximum Gasteiger partial charge on any atom is 0.341 e. The van der Waals surface area contributed by atoms with E-state index in [2.05, 4.69) is 0 Å². The summed E-state index contributed by atoms with van der Waals surface area (Å²) in [6.45, 7) is 4.19. The molecule has 1 aromatic carbocycles. The molecule has 1 aliphatic rings. The molecule has 2 rings (SSSR count). The van der Waals surface area contributed by atoms with E-state index in [0.29, 0.717) is 38.7 Å². The fourth-order valence-corrected chi connectivity index (χ4v) is 3.02. The van der Waals surface area contributed by atoms with E-state index < -0.39 is 23.2 Å². The lowest BCUT2D eigenvalue weighted by atomic mass is 9.87. The smallest absolute Gasteiger partial charge is 0.341 e. The number of hydrogen-bond donors (Lipinski definition) is 0. The van der Waals surface area contributed by atoms with Crippen LogP contribution in [0.1, 0.15) is 62.7 Å². The number of carbonyl (C=O) groups is 2. The number of benzene rings is 1. The van der Waals surface area contributed by atoms with Crippen LogP contribution in [0.4, 0.5) is 8.78 Å². The molecule has 5 nitrogen and oxygen atoms in total. The highest BCUT2D eigenvalue weighted by Crippen LogP contribution is 2.31. The van der Waals surface area contributed by atoms with Gasteiger partial charge in [0.25, 0.3) is 0 Å². The lowest BCUT2D eigenvalue weighted by Crippen LogP contribution is -2.29. The highest BCUT2D eigenvalue weighted by molar-refractivity contribution is 5.89. The van der Waals surface area contributed by atoms with Gasteiger partial charge in [0.15, 0.2) is 11.6 Å². The zero-order chi connectivity index (χ0) is 19.8. The van der Waals surface area contributed by atoms with Gasteiger partial charge in [-0.1, -0.05) is 13.3 Å². The standard InChI is InChI=1S/C20H26F2O5/c1-3-5-12-26-20(24)15-10-11-16(18(22)17(15)21)27-14-8-6-13(7-9-14)19(23)25-4-2/h10-11,13-14H,3-9,12H2,1-2H3/t13-,14-. The monoisotopic (exact) mass is 384 g/mol. The number of carbonyl (C=O) groups excluding carboxylic acids is 2. The lowest BCUT2D eigenvalue weighted by Gasteiger charge is -2.28. The van der Waals surface area contributed by atoms with Crippen LogP contribution in [0.25, 0.3) is 0 Å². The van der Waals surface area contributed by atoms with Crippen LogP contribution in [0.3, 0.4) is 0 Å². The van der Waals surface area contributed by atoms with Crippen molar-refractivity contribution >= 4 is 11.9 Å². The first kappa shape index (κ1) is 21.1. The quantitative estimate of drug-likeness (QED) is 0.490. The third-order valence-electron chi connectivity index (χ3n) is 4.59. The van der Waals surface area contributed by atoms with E-state index in [0.717, 1.165) is 6.42 Å². The van der Waals surface area contributed by atoms with Gasteiger partial charge >= 0.3 is 11.9 Å². The number of rotatable bonds is 8. The third kappa shape index (κ3) is 5.65. The summed E-state index contributed by atoms with van der Waals surface area (Å²) in [6, 6.07) is 2.42. The Balaban J connectivity index is 1.95. The van der Waals surface area contributed by atoms with Crippen LogP contribution in [0.15, 0.2) is 12.1 Å². The zero-order valence-corrected chi connectivity index (χ0v) is 15.8. The summed E-state index contributed by atoms with van der Waals surface area (Å²) in [4.78, 5) is 23.6. The van der Waals surface area contributed by atoms with Crippen molar-refractivity contribution in [3.63, 3.8) is 0 Å². The maximum atomic E-state index is 14.3. The predicted octanol–water partition coefficient (Wildman–Crippen LogP) is 4.42. The summed E-state index contributed by atoms with van der Waals surface area (Å²) in [5.74, 6) is -3.99. The Kier molecular flexibility index (Phi) is 8.00. The Morgan fingerprint density at radius 1 is 1.04 bits per heavy atom. The fraction of sp³-hybridized carbons (Fsp3) is 0.600. The van der Waals surface area contributed by atoms with Crippen LogP contribution in [-0.2, 0) is 14.3 Å². The van der Waals surface area contributed by atoms with Gasteiger partial charge in [-0.2, -0.15) is 4.39 Å². The third-order valence-corrected chi connectivity index (χ3v) is 4.59. The van der Waals surface area contributed by atoms with E-state index in [-0.39, 0.29) is 30.3 Å². The highest BCUT2D eigenvalue weighted by Gasteiger charge is 2.29. The number of unbranched alkanes of at least 4 members (excludes halogenated alkanes) is 1. The van der Waals surface area contributed by atoms with Crippen LogP contribution >= 0.6 is 0 Å². The normalized spacial score (nSPS) is 19.4. The van der Waals surface area contributed by atoms with E-state index in [1.54, 1.807) is 6.92 Å². The Hall–Kier alpha value is -2.18. The Morgan fingerprint density at radius 2 is 1.74 bits per heavy atom. The molecule has 27 heavy (non-hydrogen) atoms. The second-order valence-corrected chi connectivity index (χ2v) is 6.57. The molecule has 0 N–H and O–H groups in total. The maximum absolute atomic E-state index is 14.3. The molecule has 0 bridgehead atoms. The molecule has 0 atom stereocenters. The molecule has 1 aliphatic carbocycles. The van der Waals surface area contributed by atoms with E-state index in [9.17, 15) is 18.4 Å². The summed E-state index contributed by atoms with van der Waals surface area (Å²) < 4.78 is 44.0. The van der Waals surface area contributed by atoms with Gasteiger partial charge in [0.2, 0.25) is 5.82 Å². The minimum Gasteiger partial charge on any atom is -0.487 e. The number of ether oxygens (including phenoxy) is 3. The molecule has 1 fully saturated rings. The molecule has 1 aromatic rings. The first-order valence-corrected chi connectivity index (χ1v) is 9.46. The van der Waals surface area contributed by atoms with E-state index in [1.165, 1.54) is 12.1 Å². The van der Waals surface area contributed by atoms with Gasteiger partial charge in [0, 0.05) is 0 Å². The number of hydrogen-bond acceptors (Lipinski definition) is 5. The topological polar surface area (TPSA) is 61.8 Å². The molecule has 0 aliphatic heterocycles. The Morgan fingerprint density at radius 3 is 2.37 bits per heavy atom. The largest absolute Gasteiger partial charge is 0.487 e. The molecular formula is C20H26F2O5. The molecule has 0 amide bonds. The number of esters is 2. The van der Waals surface area contributed by atoms with Crippen molar-refractivity contribution in [1.29, 1.82) is 0 Å². The number of halogens is 2. The first-order chi connectivity index (χ1) is 13.0. The molecule has 0 unspecified atom stereocenters. The zero-order valence-electron chi connectivity index (χ0n) is 15.8. The summed E-state index contributed by atoms with van der Waals surface area (Å²) in [5.41, 5.74) is -0.443. The molecule has 0 saturated heterocycles. The van der Waals surface area contributed by atoms with Gasteiger partial charge in [-0.3, -0.25) is 4.79 Å². The lowest BCUT2D eigenvalue weighted by molar-refractivity contribution is -0.149. The molecule has 150 valence electrons. The SMILES string of the molecule is CCCCOC(=O)c1ccc(O[C@H]2CC[C@H](C(=O)OCC)CC2)c(F)c1F. The minimum absolute atomic E-state index is 0.165. The molecule has 1 saturated carbocycles. The van der Waals surface area contributed by atoms with Crippen LogP contribution in [0.2, 0.25) is 0 Å². The van der Waals surface area contributed by atoms with Crippen molar-refractivity contribution in [2.75, 3.05) is 13.2 Å². The van der Waals surface area contributed by atoms with Gasteiger partial charge in [0.1, 0.15) is 0 Å². The summed E-state index contributed by atoms with van der Waals surface area (Å²) >= 11 is 0. The Bertz CT molecular complexity index is 654. The fourth-order valence-electron chi connectivity index (χ4n) is 3.02. The molecule has 0 radical (unpaired) electrons. The summed E-state index contributed by atoms with van der Waals surface area (Å²) in [7, 11) is 0. The van der Waals surface area contributed by atoms with Gasteiger partial charge in [-0.25, -0.2) is 9.18 Å². The molecule has 0 heterocycles. The second kappa shape index (κ2) is 10.2.